The van der Waals surface area contributed by atoms with E-state index in [1.165, 1.54) is 0 Å². The smallest absolute Gasteiger partial charge is 0.146 e. The molecule has 2 heterocycles. The molecule has 2 unspecified atom stereocenters. The number of benzene rings is 1. The quantitative estimate of drug-likeness (QED) is 0.813. The van der Waals surface area contributed by atoms with Crippen molar-refractivity contribution in [1.82, 2.24) is 9.55 Å². The van der Waals surface area contributed by atoms with Gasteiger partial charge < -0.3 is 14.0 Å². The highest BCUT2D eigenvalue weighted by molar-refractivity contribution is 6.16. The maximum absolute atomic E-state index is 6.10. The normalized spacial score (nSPS) is 23.1. The number of rotatable bonds is 3. The number of fused-ring (bicyclic) bond motifs is 1. The van der Waals surface area contributed by atoms with Gasteiger partial charge in [0.25, 0.3) is 0 Å². The van der Waals surface area contributed by atoms with Gasteiger partial charge in [-0.3, -0.25) is 0 Å². The Kier molecular flexibility index (Phi) is 3.85. The molecule has 5 heteroatoms. The Balaban J connectivity index is 2.13. The summed E-state index contributed by atoms with van der Waals surface area (Å²) in [6.07, 6.45) is 2.27. The average molecular weight is 295 g/mol. The number of hydrogen-bond acceptors (Lipinski definition) is 3. The molecule has 0 N–H and O–H groups in total. The lowest BCUT2D eigenvalue weighted by molar-refractivity contribution is 0.00633. The third kappa shape index (κ3) is 2.27. The predicted molar refractivity (Wildman–Crippen MR) is 79.5 cm³/mol. The van der Waals surface area contributed by atoms with E-state index in [2.05, 4.69) is 22.5 Å². The summed E-state index contributed by atoms with van der Waals surface area (Å²) in [5, 5.41) is 0. The van der Waals surface area contributed by atoms with Gasteiger partial charge in [0.15, 0.2) is 0 Å². The summed E-state index contributed by atoms with van der Waals surface area (Å²) < 4.78 is 13.3. The number of methoxy groups -OCH3 is 1. The minimum Gasteiger partial charge on any atom is -0.494 e. The van der Waals surface area contributed by atoms with Crippen molar-refractivity contribution in [3.63, 3.8) is 0 Å². The van der Waals surface area contributed by atoms with Gasteiger partial charge in [-0.05, 0) is 31.9 Å². The largest absolute Gasteiger partial charge is 0.494 e. The summed E-state index contributed by atoms with van der Waals surface area (Å²) >= 11 is 6.10. The fourth-order valence-corrected chi connectivity index (χ4v) is 3.20. The Morgan fingerprint density at radius 2 is 2.35 bits per heavy atom. The van der Waals surface area contributed by atoms with Gasteiger partial charge in [0.1, 0.15) is 17.1 Å². The number of ether oxygens (including phenoxy) is 2. The number of para-hydroxylation sites is 1. The molecule has 2 atom stereocenters. The van der Waals surface area contributed by atoms with Crippen molar-refractivity contribution in [2.75, 3.05) is 13.7 Å². The number of nitrogens with zero attached hydrogens (tertiary/aromatic N) is 2. The van der Waals surface area contributed by atoms with E-state index >= 15 is 0 Å². The van der Waals surface area contributed by atoms with Gasteiger partial charge in [-0.2, -0.15) is 0 Å². The van der Waals surface area contributed by atoms with E-state index in [0.717, 1.165) is 42.1 Å². The Hall–Kier alpha value is -1.26. The molecule has 0 bridgehead atoms. The fourth-order valence-electron chi connectivity index (χ4n) is 3.01. The number of aromatic nitrogens is 2. The van der Waals surface area contributed by atoms with Crippen LogP contribution in [0.4, 0.5) is 0 Å². The number of halogens is 1. The van der Waals surface area contributed by atoms with E-state index in [9.17, 15) is 0 Å². The van der Waals surface area contributed by atoms with Crippen LogP contribution in [-0.2, 0) is 10.6 Å². The zero-order valence-corrected chi connectivity index (χ0v) is 12.6. The van der Waals surface area contributed by atoms with Crippen molar-refractivity contribution < 1.29 is 9.47 Å². The summed E-state index contributed by atoms with van der Waals surface area (Å²) in [6.45, 7) is 2.91. The van der Waals surface area contributed by atoms with Crippen LogP contribution in [0.15, 0.2) is 18.2 Å². The average Bonchev–Trinajstić information content (AvgIpc) is 2.85. The van der Waals surface area contributed by atoms with Crippen molar-refractivity contribution >= 4 is 22.6 Å². The minimum absolute atomic E-state index is 0.278. The molecule has 1 aromatic heterocycles. The zero-order valence-electron chi connectivity index (χ0n) is 11.8. The Bertz CT molecular complexity index is 611. The first-order valence-corrected chi connectivity index (χ1v) is 7.49. The highest BCUT2D eigenvalue weighted by Gasteiger charge is 2.25. The molecule has 0 aliphatic carbocycles. The van der Waals surface area contributed by atoms with E-state index in [0.29, 0.717) is 11.9 Å². The molecule has 0 amide bonds. The summed E-state index contributed by atoms with van der Waals surface area (Å²) in [7, 11) is 1.67. The third-order valence-corrected chi connectivity index (χ3v) is 4.16. The van der Waals surface area contributed by atoms with Gasteiger partial charge in [0.05, 0.1) is 24.6 Å². The molecule has 1 aliphatic heterocycles. The molecule has 20 heavy (non-hydrogen) atoms. The summed E-state index contributed by atoms with van der Waals surface area (Å²) in [4.78, 5) is 4.67. The zero-order chi connectivity index (χ0) is 14.1. The van der Waals surface area contributed by atoms with Crippen molar-refractivity contribution in [3.05, 3.63) is 24.0 Å². The maximum Gasteiger partial charge on any atom is 0.146 e. The van der Waals surface area contributed by atoms with E-state index in [-0.39, 0.29) is 6.10 Å². The molecule has 3 rings (SSSR count). The van der Waals surface area contributed by atoms with Crippen molar-refractivity contribution in [3.8, 4) is 5.75 Å². The SMILES string of the molecule is COc1cccc2c1nc(CCl)n2C1CCOC(C)C1. The molecule has 108 valence electrons. The topological polar surface area (TPSA) is 36.3 Å². The first-order valence-electron chi connectivity index (χ1n) is 6.96. The second kappa shape index (κ2) is 5.62. The molecule has 0 spiro atoms. The van der Waals surface area contributed by atoms with Crippen molar-refractivity contribution in [2.24, 2.45) is 0 Å². The van der Waals surface area contributed by atoms with Crippen LogP contribution < -0.4 is 4.74 Å². The van der Waals surface area contributed by atoms with Crippen LogP contribution in [0.2, 0.25) is 0 Å². The van der Waals surface area contributed by atoms with Gasteiger partial charge in [-0.1, -0.05) is 6.07 Å². The first-order chi connectivity index (χ1) is 9.74. The fraction of sp³-hybridized carbons (Fsp3) is 0.533. The lowest BCUT2D eigenvalue weighted by atomic mass is 10.0. The van der Waals surface area contributed by atoms with Crippen LogP contribution in [0.25, 0.3) is 11.0 Å². The van der Waals surface area contributed by atoms with Gasteiger partial charge in [-0.15, -0.1) is 11.6 Å². The molecule has 1 aliphatic rings. The second-order valence-corrected chi connectivity index (χ2v) is 5.49. The van der Waals surface area contributed by atoms with Gasteiger partial charge in [-0.25, -0.2) is 4.98 Å². The molecule has 2 aromatic rings. The Labute approximate surface area is 123 Å². The van der Waals surface area contributed by atoms with Crippen LogP contribution >= 0.6 is 11.6 Å². The number of imidazole rings is 1. The minimum atomic E-state index is 0.278. The summed E-state index contributed by atoms with van der Waals surface area (Å²) in [5.74, 6) is 2.11. The predicted octanol–water partition coefficient (Wildman–Crippen LogP) is 3.52. The van der Waals surface area contributed by atoms with Crippen LogP contribution in [0.5, 0.6) is 5.75 Å². The van der Waals surface area contributed by atoms with Crippen LogP contribution in [-0.4, -0.2) is 29.4 Å². The third-order valence-electron chi connectivity index (χ3n) is 3.92. The standard InChI is InChI=1S/C15H19ClN2O2/c1-10-8-11(6-7-20-10)18-12-4-3-5-13(19-2)15(12)17-14(18)9-16/h3-5,10-11H,6-9H2,1-2H3. The molecule has 1 aromatic carbocycles. The van der Waals surface area contributed by atoms with E-state index in [1.807, 2.05) is 12.1 Å². The highest BCUT2D eigenvalue weighted by Crippen LogP contribution is 2.33. The lowest BCUT2D eigenvalue weighted by Crippen LogP contribution is -2.26. The van der Waals surface area contributed by atoms with Gasteiger partial charge >= 0.3 is 0 Å². The summed E-state index contributed by atoms with van der Waals surface area (Å²) in [5.41, 5.74) is 1.99. The number of hydrogen-bond donors (Lipinski definition) is 0. The monoisotopic (exact) mass is 294 g/mol. The van der Waals surface area contributed by atoms with E-state index in [1.54, 1.807) is 7.11 Å². The van der Waals surface area contributed by atoms with E-state index < -0.39 is 0 Å². The highest BCUT2D eigenvalue weighted by atomic mass is 35.5. The van der Waals surface area contributed by atoms with E-state index in [4.69, 9.17) is 21.1 Å². The van der Waals surface area contributed by atoms with Crippen LogP contribution in [0.3, 0.4) is 0 Å². The molecule has 1 saturated heterocycles. The lowest BCUT2D eigenvalue weighted by Gasteiger charge is -2.29. The molecule has 4 nitrogen and oxygen atoms in total. The van der Waals surface area contributed by atoms with Gasteiger partial charge in [0.2, 0.25) is 0 Å². The van der Waals surface area contributed by atoms with Crippen molar-refractivity contribution in [2.45, 2.75) is 37.8 Å². The maximum atomic E-state index is 6.10. The molecular weight excluding hydrogens is 276 g/mol. The van der Waals surface area contributed by atoms with Gasteiger partial charge in [0, 0.05) is 12.6 Å². The summed E-state index contributed by atoms with van der Waals surface area (Å²) in [6, 6.07) is 6.41. The Morgan fingerprint density at radius 1 is 1.50 bits per heavy atom. The molecular formula is C15H19ClN2O2. The second-order valence-electron chi connectivity index (χ2n) is 5.22. The Morgan fingerprint density at radius 3 is 3.05 bits per heavy atom. The van der Waals surface area contributed by atoms with Crippen molar-refractivity contribution in [1.29, 1.82) is 0 Å². The first kappa shape index (κ1) is 13.7. The van der Waals surface area contributed by atoms with Crippen LogP contribution in [0, 0.1) is 0 Å². The molecule has 1 fully saturated rings. The number of alkyl halides is 1. The molecule has 0 radical (unpaired) electrons. The van der Waals surface area contributed by atoms with Crippen LogP contribution in [0.1, 0.15) is 31.6 Å². The molecule has 0 saturated carbocycles.